The van der Waals surface area contributed by atoms with E-state index in [2.05, 4.69) is 19.2 Å². The van der Waals surface area contributed by atoms with Crippen LogP contribution in [0.2, 0.25) is 0 Å². The second-order valence-electron chi connectivity index (χ2n) is 7.14. The van der Waals surface area contributed by atoms with E-state index < -0.39 is 5.54 Å². The molecule has 1 aliphatic heterocycles. The quantitative estimate of drug-likeness (QED) is 0.866. The van der Waals surface area contributed by atoms with E-state index in [1.807, 2.05) is 18.7 Å². The van der Waals surface area contributed by atoms with Crippen molar-refractivity contribution >= 4 is 11.8 Å². The Hall–Kier alpha value is -1.06. The van der Waals surface area contributed by atoms with Crippen molar-refractivity contribution < 1.29 is 9.59 Å². The van der Waals surface area contributed by atoms with Crippen LogP contribution in [0.25, 0.3) is 0 Å². The van der Waals surface area contributed by atoms with Crippen LogP contribution in [0.1, 0.15) is 72.6 Å². The summed E-state index contributed by atoms with van der Waals surface area (Å²) in [5, 5.41) is 2.96. The molecule has 0 spiro atoms. The molecule has 4 nitrogen and oxygen atoms in total. The fourth-order valence-electron chi connectivity index (χ4n) is 3.98. The molecule has 1 aliphatic carbocycles. The van der Waals surface area contributed by atoms with Crippen molar-refractivity contribution in [3.05, 3.63) is 0 Å². The lowest BCUT2D eigenvalue weighted by molar-refractivity contribution is -0.159. The summed E-state index contributed by atoms with van der Waals surface area (Å²) in [5.41, 5.74) is -0.773. The molecule has 4 heteroatoms. The fraction of sp³-hybridized carbons (Fsp3) is 0.882. The third-order valence-corrected chi connectivity index (χ3v) is 5.21. The van der Waals surface area contributed by atoms with Crippen LogP contribution in [0.5, 0.6) is 0 Å². The van der Waals surface area contributed by atoms with E-state index in [0.717, 1.165) is 25.7 Å². The zero-order valence-electron chi connectivity index (χ0n) is 13.9. The molecule has 0 radical (unpaired) electrons. The van der Waals surface area contributed by atoms with E-state index in [4.69, 9.17) is 0 Å². The van der Waals surface area contributed by atoms with Crippen molar-refractivity contribution in [2.75, 3.05) is 0 Å². The summed E-state index contributed by atoms with van der Waals surface area (Å²) < 4.78 is 0. The average Bonchev–Trinajstić information content (AvgIpc) is 2.46. The highest BCUT2D eigenvalue weighted by molar-refractivity contribution is 5.99. The molecule has 2 amide bonds. The number of piperazine rings is 1. The minimum atomic E-state index is -0.773. The SMILES string of the molecule is CCC(CC)N1C(=O)C(C)(C)NC(=O)C1C1CCCCC1. The van der Waals surface area contributed by atoms with Gasteiger partial charge in [-0.25, -0.2) is 0 Å². The number of carbonyl (C=O) groups excluding carboxylic acids is 2. The molecule has 2 fully saturated rings. The van der Waals surface area contributed by atoms with Gasteiger partial charge in [-0.2, -0.15) is 0 Å². The van der Waals surface area contributed by atoms with Gasteiger partial charge in [0.2, 0.25) is 11.8 Å². The summed E-state index contributed by atoms with van der Waals surface area (Å²) in [6.45, 7) is 7.86. The standard InChI is InChI=1S/C17H30N2O2/c1-5-13(6-2)19-14(12-10-8-7-9-11-12)15(20)18-17(3,4)16(19)21/h12-14H,5-11H2,1-4H3,(H,18,20). The van der Waals surface area contributed by atoms with Crippen LogP contribution in [0.4, 0.5) is 0 Å². The zero-order chi connectivity index (χ0) is 15.6. The number of amides is 2. The Balaban J connectivity index is 2.33. The summed E-state index contributed by atoms with van der Waals surface area (Å²) in [5.74, 6) is 0.476. The lowest BCUT2D eigenvalue weighted by atomic mass is 9.79. The van der Waals surface area contributed by atoms with Crippen molar-refractivity contribution in [3.8, 4) is 0 Å². The van der Waals surface area contributed by atoms with E-state index in [1.165, 1.54) is 19.3 Å². The Morgan fingerprint density at radius 1 is 1.14 bits per heavy atom. The lowest BCUT2D eigenvalue weighted by Crippen LogP contribution is -2.71. The minimum Gasteiger partial charge on any atom is -0.340 e. The normalized spacial score (nSPS) is 27.1. The van der Waals surface area contributed by atoms with Crippen LogP contribution in [0, 0.1) is 5.92 Å². The van der Waals surface area contributed by atoms with Gasteiger partial charge in [0.05, 0.1) is 0 Å². The molecule has 1 saturated carbocycles. The van der Waals surface area contributed by atoms with Crippen molar-refractivity contribution in [1.29, 1.82) is 0 Å². The molecule has 2 rings (SSSR count). The molecular weight excluding hydrogens is 264 g/mol. The van der Waals surface area contributed by atoms with Gasteiger partial charge in [0.15, 0.2) is 0 Å². The van der Waals surface area contributed by atoms with Gasteiger partial charge in [-0.1, -0.05) is 33.1 Å². The van der Waals surface area contributed by atoms with E-state index in [0.29, 0.717) is 5.92 Å². The summed E-state index contributed by atoms with van der Waals surface area (Å²) in [6, 6.07) is -0.0783. The van der Waals surface area contributed by atoms with Crippen LogP contribution in [0.15, 0.2) is 0 Å². The van der Waals surface area contributed by atoms with Gasteiger partial charge in [0, 0.05) is 6.04 Å². The van der Waals surface area contributed by atoms with Crippen molar-refractivity contribution in [2.45, 2.75) is 90.3 Å². The second kappa shape index (κ2) is 6.37. The topological polar surface area (TPSA) is 49.4 Å². The monoisotopic (exact) mass is 294 g/mol. The number of carbonyl (C=O) groups is 2. The molecule has 1 heterocycles. The van der Waals surface area contributed by atoms with Crippen molar-refractivity contribution in [3.63, 3.8) is 0 Å². The molecule has 0 aromatic heterocycles. The molecule has 1 unspecified atom stereocenters. The highest BCUT2D eigenvalue weighted by Gasteiger charge is 2.49. The molecule has 21 heavy (non-hydrogen) atoms. The van der Waals surface area contributed by atoms with E-state index >= 15 is 0 Å². The Labute approximate surface area is 128 Å². The predicted molar refractivity (Wildman–Crippen MR) is 83.8 cm³/mol. The number of nitrogens with zero attached hydrogens (tertiary/aromatic N) is 1. The molecule has 120 valence electrons. The molecular formula is C17H30N2O2. The molecule has 1 saturated heterocycles. The van der Waals surface area contributed by atoms with Gasteiger partial charge in [0.25, 0.3) is 0 Å². The van der Waals surface area contributed by atoms with Gasteiger partial charge in [-0.05, 0) is 45.4 Å². The first-order valence-electron chi connectivity index (χ1n) is 8.57. The summed E-state index contributed by atoms with van der Waals surface area (Å²) >= 11 is 0. The minimum absolute atomic E-state index is 0.0541. The third-order valence-electron chi connectivity index (χ3n) is 5.21. The molecule has 2 aliphatic rings. The molecule has 1 atom stereocenters. The Morgan fingerprint density at radius 3 is 2.24 bits per heavy atom. The average molecular weight is 294 g/mol. The van der Waals surface area contributed by atoms with Crippen molar-refractivity contribution in [2.24, 2.45) is 5.92 Å². The van der Waals surface area contributed by atoms with Crippen LogP contribution < -0.4 is 5.32 Å². The largest absolute Gasteiger partial charge is 0.340 e. The zero-order valence-corrected chi connectivity index (χ0v) is 13.9. The lowest BCUT2D eigenvalue weighted by Gasteiger charge is -2.49. The maximum atomic E-state index is 12.9. The van der Waals surface area contributed by atoms with Crippen LogP contribution >= 0.6 is 0 Å². The van der Waals surface area contributed by atoms with Gasteiger partial charge >= 0.3 is 0 Å². The number of hydrogen-bond acceptors (Lipinski definition) is 2. The summed E-state index contributed by atoms with van der Waals surface area (Å²) in [6.07, 6.45) is 7.59. The van der Waals surface area contributed by atoms with E-state index in [1.54, 1.807) is 0 Å². The van der Waals surface area contributed by atoms with Crippen molar-refractivity contribution in [1.82, 2.24) is 10.2 Å². The summed E-state index contributed by atoms with van der Waals surface area (Å²) in [7, 11) is 0. The smallest absolute Gasteiger partial charge is 0.248 e. The second-order valence-corrected chi connectivity index (χ2v) is 7.14. The third kappa shape index (κ3) is 3.09. The maximum Gasteiger partial charge on any atom is 0.248 e. The first kappa shape index (κ1) is 16.3. The highest BCUT2D eigenvalue weighted by atomic mass is 16.2. The maximum absolute atomic E-state index is 12.9. The molecule has 1 N–H and O–H groups in total. The number of rotatable bonds is 4. The highest BCUT2D eigenvalue weighted by Crippen LogP contribution is 2.34. The predicted octanol–water partition coefficient (Wildman–Crippen LogP) is 2.86. The Morgan fingerprint density at radius 2 is 1.71 bits per heavy atom. The van der Waals surface area contributed by atoms with Gasteiger partial charge in [-0.15, -0.1) is 0 Å². The molecule has 0 aromatic carbocycles. The van der Waals surface area contributed by atoms with E-state index in [-0.39, 0.29) is 23.9 Å². The van der Waals surface area contributed by atoms with Gasteiger partial charge < -0.3 is 10.2 Å². The van der Waals surface area contributed by atoms with Gasteiger partial charge in [0.1, 0.15) is 11.6 Å². The fourth-order valence-corrected chi connectivity index (χ4v) is 3.98. The Bertz CT molecular complexity index is 396. The molecule has 0 bridgehead atoms. The van der Waals surface area contributed by atoms with Crippen LogP contribution in [0.3, 0.4) is 0 Å². The number of hydrogen-bond donors (Lipinski definition) is 1. The van der Waals surface area contributed by atoms with Gasteiger partial charge in [-0.3, -0.25) is 9.59 Å². The number of nitrogens with one attached hydrogen (secondary N) is 1. The first-order chi connectivity index (χ1) is 9.92. The van der Waals surface area contributed by atoms with Crippen LogP contribution in [-0.4, -0.2) is 34.3 Å². The Kier molecular flexibility index (Phi) is 4.95. The van der Waals surface area contributed by atoms with E-state index in [9.17, 15) is 9.59 Å². The molecule has 0 aromatic rings. The summed E-state index contributed by atoms with van der Waals surface area (Å²) in [4.78, 5) is 27.6. The first-order valence-corrected chi connectivity index (χ1v) is 8.57. The van der Waals surface area contributed by atoms with Crippen LogP contribution in [-0.2, 0) is 9.59 Å².